The van der Waals surface area contributed by atoms with E-state index in [0.29, 0.717) is 6.61 Å². The highest BCUT2D eigenvalue weighted by Crippen LogP contribution is 2.32. The van der Waals surface area contributed by atoms with Gasteiger partial charge in [-0.25, -0.2) is 0 Å². The molecule has 1 radical (unpaired) electrons. The molecule has 17 heavy (non-hydrogen) atoms. The number of hydrogen-bond acceptors (Lipinski definition) is 1. The van der Waals surface area contributed by atoms with E-state index >= 15 is 0 Å². The molecule has 1 rings (SSSR count). The Hall–Kier alpha value is -1.03. The van der Waals surface area contributed by atoms with Crippen molar-refractivity contribution < 1.29 is 17.9 Å². The molecule has 0 amide bonds. The lowest BCUT2D eigenvalue weighted by Crippen LogP contribution is -2.10. The molecule has 0 aromatic heterocycles. The lowest BCUT2D eigenvalue weighted by atomic mass is 10.1. The Labute approximate surface area is 99.6 Å². The Balaban J connectivity index is 2.53. The molecule has 1 aromatic rings. The van der Waals surface area contributed by atoms with Crippen molar-refractivity contribution in [1.29, 1.82) is 0 Å². The van der Waals surface area contributed by atoms with Crippen molar-refractivity contribution in [2.45, 2.75) is 32.0 Å². The van der Waals surface area contributed by atoms with Gasteiger partial charge >= 0.3 is 6.18 Å². The summed E-state index contributed by atoms with van der Waals surface area (Å²) in [5.41, 5.74) is -0.424. The van der Waals surface area contributed by atoms with E-state index in [0.717, 1.165) is 25.3 Å². The Kier molecular flexibility index (Phi) is 5.48. The van der Waals surface area contributed by atoms with E-state index in [1.165, 1.54) is 12.1 Å². The van der Waals surface area contributed by atoms with Crippen molar-refractivity contribution in [3.63, 3.8) is 0 Å². The average molecular weight is 245 g/mol. The van der Waals surface area contributed by atoms with Crippen molar-refractivity contribution in [3.05, 3.63) is 42.3 Å². The van der Waals surface area contributed by atoms with Gasteiger partial charge in [-0.2, -0.15) is 13.2 Å². The Morgan fingerprint density at radius 1 is 1.12 bits per heavy atom. The molecule has 0 spiro atoms. The Morgan fingerprint density at radius 3 is 2.47 bits per heavy atom. The van der Waals surface area contributed by atoms with Gasteiger partial charge < -0.3 is 4.74 Å². The van der Waals surface area contributed by atoms with Crippen LogP contribution in [0.5, 0.6) is 0 Å². The number of hydrogen-bond donors (Lipinski definition) is 0. The molecule has 4 heteroatoms. The predicted octanol–water partition coefficient (Wildman–Crippen LogP) is 4.23. The molecular formula is C13H16F3O. The first-order chi connectivity index (χ1) is 8.05. The predicted molar refractivity (Wildman–Crippen MR) is 60.3 cm³/mol. The van der Waals surface area contributed by atoms with E-state index in [9.17, 15) is 13.2 Å². The van der Waals surface area contributed by atoms with E-state index < -0.39 is 11.7 Å². The lowest BCUT2D eigenvalue weighted by molar-refractivity contribution is -0.138. The van der Waals surface area contributed by atoms with Crippen LogP contribution in [0.15, 0.2) is 24.3 Å². The van der Waals surface area contributed by atoms with Crippen molar-refractivity contribution >= 4 is 0 Å². The van der Waals surface area contributed by atoms with Gasteiger partial charge in [-0.15, -0.1) is 0 Å². The summed E-state index contributed by atoms with van der Waals surface area (Å²) in [6, 6.07) is 5.50. The maximum absolute atomic E-state index is 12.6. The second-order valence-corrected chi connectivity index (χ2v) is 3.77. The van der Waals surface area contributed by atoms with Crippen LogP contribution in [0, 0.1) is 6.92 Å². The molecular weight excluding hydrogens is 229 g/mol. The van der Waals surface area contributed by atoms with E-state index in [1.54, 1.807) is 6.07 Å². The van der Waals surface area contributed by atoms with Gasteiger partial charge in [0.25, 0.3) is 0 Å². The normalized spacial score (nSPS) is 11.8. The smallest absolute Gasteiger partial charge is 0.377 e. The van der Waals surface area contributed by atoms with Crippen LogP contribution in [0.4, 0.5) is 13.2 Å². The molecule has 0 N–H and O–H groups in total. The summed E-state index contributed by atoms with van der Waals surface area (Å²) >= 11 is 0. The standard InChI is InChI=1S/C13H16F3O/c1-2-3-6-9-17-10-11-7-4-5-8-12(11)13(14,15)16/h4-5,7-8H,1-3,6,9-10H2. The highest BCUT2D eigenvalue weighted by Gasteiger charge is 2.32. The number of unbranched alkanes of at least 4 members (excludes halogenated alkanes) is 2. The highest BCUT2D eigenvalue weighted by molar-refractivity contribution is 5.28. The third-order valence-electron chi connectivity index (χ3n) is 2.37. The van der Waals surface area contributed by atoms with E-state index in [1.807, 2.05) is 0 Å². The zero-order chi connectivity index (χ0) is 12.7. The molecule has 0 unspecified atom stereocenters. The Morgan fingerprint density at radius 2 is 1.82 bits per heavy atom. The van der Waals surface area contributed by atoms with Crippen LogP contribution in [0.25, 0.3) is 0 Å². The molecule has 95 valence electrons. The van der Waals surface area contributed by atoms with Gasteiger partial charge in [-0.1, -0.05) is 38.0 Å². The minimum Gasteiger partial charge on any atom is -0.377 e. The Bertz CT molecular complexity index is 334. The lowest BCUT2D eigenvalue weighted by Gasteiger charge is -2.12. The topological polar surface area (TPSA) is 9.23 Å². The van der Waals surface area contributed by atoms with Gasteiger partial charge in [0.2, 0.25) is 0 Å². The van der Waals surface area contributed by atoms with Gasteiger partial charge in [-0.3, -0.25) is 0 Å². The molecule has 0 aliphatic heterocycles. The molecule has 0 heterocycles. The number of rotatable bonds is 6. The second-order valence-electron chi connectivity index (χ2n) is 3.77. The quantitative estimate of drug-likeness (QED) is 0.681. The number of benzene rings is 1. The van der Waals surface area contributed by atoms with Gasteiger partial charge in [0.05, 0.1) is 12.2 Å². The first-order valence-corrected chi connectivity index (χ1v) is 5.58. The van der Waals surface area contributed by atoms with Crippen LogP contribution in [-0.2, 0) is 17.5 Å². The fourth-order valence-corrected chi connectivity index (χ4v) is 1.49. The molecule has 0 atom stereocenters. The number of ether oxygens (including phenoxy) is 1. The first kappa shape index (κ1) is 14.0. The van der Waals surface area contributed by atoms with Gasteiger partial charge in [0, 0.05) is 6.61 Å². The van der Waals surface area contributed by atoms with Gasteiger partial charge in [0.15, 0.2) is 0 Å². The number of alkyl halides is 3. The van der Waals surface area contributed by atoms with Crippen LogP contribution in [0.1, 0.15) is 30.4 Å². The number of halogens is 3. The molecule has 1 nitrogen and oxygen atoms in total. The van der Waals surface area contributed by atoms with Crippen molar-refractivity contribution in [3.8, 4) is 0 Å². The minimum absolute atomic E-state index is 0.00677. The molecule has 1 aromatic carbocycles. The summed E-state index contributed by atoms with van der Waals surface area (Å²) in [7, 11) is 0. The summed E-state index contributed by atoms with van der Waals surface area (Å²) in [5, 5.41) is 0. The summed E-state index contributed by atoms with van der Waals surface area (Å²) in [4.78, 5) is 0. The van der Waals surface area contributed by atoms with Crippen LogP contribution < -0.4 is 0 Å². The molecule has 0 saturated carbocycles. The molecule has 0 aliphatic carbocycles. The maximum Gasteiger partial charge on any atom is 0.416 e. The third kappa shape index (κ3) is 4.77. The zero-order valence-corrected chi connectivity index (χ0v) is 9.59. The maximum atomic E-state index is 12.6. The van der Waals surface area contributed by atoms with Crippen molar-refractivity contribution in [2.75, 3.05) is 6.61 Å². The van der Waals surface area contributed by atoms with Crippen LogP contribution in [-0.4, -0.2) is 6.61 Å². The van der Waals surface area contributed by atoms with Gasteiger partial charge in [0.1, 0.15) is 0 Å². The second kappa shape index (κ2) is 6.64. The van der Waals surface area contributed by atoms with Crippen molar-refractivity contribution in [2.24, 2.45) is 0 Å². The van der Waals surface area contributed by atoms with Crippen LogP contribution in [0.3, 0.4) is 0 Å². The van der Waals surface area contributed by atoms with Crippen LogP contribution >= 0.6 is 0 Å². The average Bonchev–Trinajstić information content (AvgIpc) is 2.28. The van der Waals surface area contributed by atoms with E-state index in [4.69, 9.17) is 4.74 Å². The monoisotopic (exact) mass is 245 g/mol. The first-order valence-electron chi connectivity index (χ1n) is 5.58. The molecule has 0 saturated heterocycles. The van der Waals surface area contributed by atoms with E-state index in [2.05, 4.69) is 6.92 Å². The van der Waals surface area contributed by atoms with Crippen molar-refractivity contribution in [1.82, 2.24) is 0 Å². The molecule has 0 fully saturated rings. The summed E-state index contributed by atoms with van der Waals surface area (Å²) in [6.45, 7) is 4.16. The summed E-state index contributed by atoms with van der Waals surface area (Å²) in [6.07, 6.45) is -1.73. The molecule has 0 bridgehead atoms. The third-order valence-corrected chi connectivity index (χ3v) is 2.37. The fourth-order valence-electron chi connectivity index (χ4n) is 1.49. The molecule has 0 aliphatic rings. The fraction of sp³-hybridized carbons (Fsp3) is 0.462. The summed E-state index contributed by atoms with van der Waals surface area (Å²) < 4.78 is 43.1. The SMILES string of the molecule is [CH2]CCCCOCc1ccccc1C(F)(F)F. The minimum atomic E-state index is -4.31. The summed E-state index contributed by atoms with van der Waals surface area (Å²) in [5.74, 6) is 0. The van der Waals surface area contributed by atoms with E-state index in [-0.39, 0.29) is 12.2 Å². The zero-order valence-electron chi connectivity index (χ0n) is 9.59. The van der Waals surface area contributed by atoms with Crippen LogP contribution in [0.2, 0.25) is 0 Å². The highest BCUT2D eigenvalue weighted by atomic mass is 19.4. The largest absolute Gasteiger partial charge is 0.416 e. The van der Waals surface area contributed by atoms with Gasteiger partial charge in [-0.05, 0) is 18.1 Å².